The topological polar surface area (TPSA) is 66.6 Å². The van der Waals surface area contributed by atoms with E-state index in [1.54, 1.807) is 18.2 Å². The van der Waals surface area contributed by atoms with E-state index in [4.69, 9.17) is 9.52 Å². The fourth-order valence-corrected chi connectivity index (χ4v) is 2.53. The smallest absolute Gasteiger partial charge is 0.339 e. The van der Waals surface area contributed by atoms with Gasteiger partial charge in [0.25, 0.3) is 0 Å². The van der Waals surface area contributed by atoms with Crippen LogP contribution in [0.25, 0.3) is 11.1 Å². The van der Waals surface area contributed by atoms with Crippen LogP contribution in [-0.4, -0.2) is 40.6 Å². The van der Waals surface area contributed by atoms with Gasteiger partial charge in [0.15, 0.2) is 11.5 Å². The molecule has 0 unspecified atom stereocenters. The van der Waals surface area contributed by atoms with Crippen LogP contribution in [0.15, 0.2) is 22.6 Å². The lowest BCUT2D eigenvalue weighted by Gasteiger charge is -2.12. The van der Waals surface area contributed by atoms with E-state index in [9.17, 15) is 4.79 Å². The second kappa shape index (κ2) is 5.01. The lowest BCUT2D eigenvalue weighted by Crippen LogP contribution is -2.21. The van der Waals surface area contributed by atoms with Crippen molar-refractivity contribution in [3.05, 3.63) is 29.7 Å². The Kier molecular flexibility index (Phi) is 3.21. The van der Waals surface area contributed by atoms with Gasteiger partial charge in [0.2, 0.25) is 0 Å². The average Bonchev–Trinajstić information content (AvgIpc) is 3.04. The summed E-state index contributed by atoms with van der Waals surface area (Å²) in [5.41, 5.74) is 1.18. The third kappa shape index (κ3) is 2.46. The van der Waals surface area contributed by atoms with Gasteiger partial charge in [-0.1, -0.05) is 6.07 Å². The Morgan fingerprint density at radius 1 is 1.37 bits per heavy atom. The number of aromatic carboxylic acids is 1. The lowest BCUT2D eigenvalue weighted by molar-refractivity contribution is 0.0698. The summed E-state index contributed by atoms with van der Waals surface area (Å²) < 4.78 is 5.60. The molecule has 0 aliphatic carbocycles. The molecule has 1 N–H and O–H groups in total. The Hall–Kier alpha value is -1.88. The average molecular weight is 260 g/mol. The summed E-state index contributed by atoms with van der Waals surface area (Å²) in [6.45, 7) is 3.20. The summed E-state index contributed by atoms with van der Waals surface area (Å²) >= 11 is 0. The monoisotopic (exact) mass is 260 g/mol. The molecule has 5 heteroatoms. The molecule has 0 atom stereocenters. The van der Waals surface area contributed by atoms with E-state index < -0.39 is 5.97 Å². The Morgan fingerprint density at radius 2 is 2.16 bits per heavy atom. The maximum Gasteiger partial charge on any atom is 0.339 e. The molecule has 0 spiro atoms. The van der Waals surface area contributed by atoms with Gasteiger partial charge < -0.3 is 14.4 Å². The molecule has 0 saturated carbocycles. The molecule has 3 rings (SSSR count). The van der Waals surface area contributed by atoms with Gasteiger partial charge in [-0.2, -0.15) is 0 Å². The van der Waals surface area contributed by atoms with Gasteiger partial charge in [-0.15, -0.1) is 0 Å². The molecule has 0 bridgehead atoms. The molecular formula is C14H16N2O3. The van der Waals surface area contributed by atoms with E-state index >= 15 is 0 Å². The highest BCUT2D eigenvalue weighted by atomic mass is 16.4. The second-order valence-electron chi connectivity index (χ2n) is 4.87. The summed E-state index contributed by atoms with van der Waals surface area (Å²) in [5.74, 6) is -0.358. The van der Waals surface area contributed by atoms with Gasteiger partial charge >= 0.3 is 5.97 Å². The van der Waals surface area contributed by atoms with Crippen molar-refractivity contribution < 1.29 is 14.3 Å². The fraction of sp³-hybridized carbons (Fsp3) is 0.429. The molecule has 1 saturated heterocycles. The minimum Gasteiger partial charge on any atom is -0.478 e. The number of fused-ring (bicyclic) bond motifs is 1. The lowest BCUT2D eigenvalue weighted by atomic mass is 10.2. The van der Waals surface area contributed by atoms with E-state index in [0.717, 1.165) is 26.1 Å². The van der Waals surface area contributed by atoms with E-state index in [-0.39, 0.29) is 5.56 Å². The number of hydrogen-bond donors (Lipinski definition) is 1. The Bertz CT molecular complexity index is 600. The predicted octanol–water partition coefficient (Wildman–Crippen LogP) is 2.16. The first-order valence-electron chi connectivity index (χ1n) is 6.58. The van der Waals surface area contributed by atoms with Crippen molar-refractivity contribution in [2.75, 3.05) is 19.6 Å². The van der Waals surface area contributed by atoms with Crippen molar-refractivity contribution in [3.63, 3.8) is 0 Å². The van der Waals surface area contributed by atoms with E-state index in [0.29, 0.717) is 17.0 Å². The van der Waals surface area contributed by atoms with Crippen molar-refractivity contribution in [1.29, 1.82) is 0 Å². The Labute approximate surface area is 110 Å². The molecule has 0 radical (unpaired) electrons. The number of carboxylic acid groups (broad SMARTS) is 1. The Balaban J connectivity index is 1.80. The van der Waals surface area contributed by atoms with Crippen LogP contribution in [0.3, 0.4) is 0 Å². The van der Waals surface area contributed by atoms with Crippen LogP contribution in [0.4, 0.5) is 0 Å². The van der Waals surface area contributed by atoms with Crippen LogP contribution < -0.4 is 0 Å². The largest absolute Gasteiger partial charge is 0.478 e. The molecule has 1 fully saturated rings. The van der Waals surface area contributed by atoms with Gasteiger partial charge in [0.1, 0.15) is 11.1 Å². The number of rotatable bonds is 4. The molecule has 1 aromatic carbocycles. The SMILES string of the molecule is O=C(O)c1cccc2nc(CCN3CCCC3)oc12. The molecule has 5 nitrogen and oxygen atoms in total. The molecular weight excluding hydrogens is 244 g/mol. The number of nitrogens with zero attached hydrogens (tertiary/aromatic N) is 2. The fourth-order valence-electron chi connectivity index (χ4n) is 2.53. The number of hydrogen-bond acceptors (Lipinski definition) is 4. The van der Waals surface area contributed by atoms with Crippen molar-refractivity contribution in [1.82, 2.24) is 9.88 Å². The molecule has 19 heavy (non-hydrogen) atoms. The van der Waals surface area contributed by atoms with Crippen molar-refractivity contribution in [2.45, 2.75) is 19.3 Å². The summed E-state index contributed by atoms with van der Waals surface area (Å²) in [6, 6.07) is 5.02. The van der Waals surface area contributed by atoms with Crippen LogP contribution in [-0.2, 0) is 6.42 Å². The van der Waals surface area contributed by atoms with Gasteiger partial charge in [-0.3, -0.25) is 0 Å². The predicted molar refractivity (Wildman–Crippen MR) is 70.3 cm³/mol. The standard InChI is InChI=1S/C14H16N2O3/c17-14(18)10-4-3-5-11-13(10)19-12(15-11)6-9-16-7-1-2-8-16/h3-5H,1-2,6-9H2,(H,17,18). The van der Waals surface area contributed by atoms with Crippen molar-refractivity contribution in [3.8, 4) is 0 Å². The summed E-state index contributed by atoms with van der Waals surface area (Å²) in [5, 5.41) is 9.10. The molecule has 1 aliphatic rings. The van der Waals surface area contributed by atoms with Crippen LogP contribution >= 0.6 is 0 Å². The maximum atomic E-state index is 11.1. The van der Waals surface area contributed by atoms with Gasteiger partial charge in [-0.05, 0) is 38.1 Å². The van der Waals surface area contributed by atoms with Gasteiger partial charge in [0.05, 0.1) is 0 Å². The summed E-state index contributed by atoms with van der Waals surface area (Å²) in [6.07, 6.45) is 3.25. The van der Waals surface area contributed by atoms with E-state index in [2.05, 4.69) is 9.88 Å². The molecule has 2 aromatic rings. The highest BCUT2D eigenvalue weighted by Gasteiger charge is 2.16. The zero-order valence-corrected chi connectivity index (χ0v) is 10.6. The first kappa shape index (κ1) is 12.2. The van der Waals surface area contributed by atoms with Crippen molar-refractivity contribution in [2.24, 2.45) is 0 Å². The van der Waals surface area contributed by atoms with E-state index in [1.807, 2.05) is 0 Å². The molecule has 0 amide bonds. The first-order valence-corrected chi connectivity index (χ1v) is 6.58. The number of carbonyl (C=O) groups is 1. The van der Waals surface area contributed by atoms with Crippen LogP contribution in [0.2, 0.25) is 0 Å². The highest BCUT2D eigenvalue weighted by molar-refractivity contribution is 5.99. The number of likely N-dealkylation sites (tertiary alicyclic amines) is 1. The van der Waals surface area contributed by atoms with Gasteiger partial charge in [-0.25, -0.2) is 9.78 Å². The van der Waals surface area contributed by atoms with Crippen LogP contribution in [0.1, 0.15) is 29.1 Å². The first-order chi connectivity index (χ1) is 9.24. The minimum atomic E-state index is -0.979. The zero-order chi connectivity index (χ0) is 13.2. The number of aromatic nitrogens is 1. The summed E-state index contributed by atoms with van der Waals surface area (Å²) in [4.78, 5) is 17.8. The van der Waals surface area contributed by atoms with Gasteiger partial charge in [0, 0.05) is 13.0 Å². The highest BCUT2D eigenvalue weighted by Crippen LogP contribution is 2.20. The maximum absolute atomic E-state index is 11.1. The molecule has 1 aromatic heterocycles. The van der Waals surface area contributed by atoms with E-state index in [1.165, 1.54) is 12.8 Å². The van der Waals surface area contributed by atoms with Crippen LogP contribution in [0, 0.1) is 0 Å². The third-order valence-corrected chi connectivity index (χ3v) is 3.53. The number of oxazole rings is 1. The Morgan fingerprint density at radius 3 is 2.89 bits per heavy atom. The quantitative estimate of drug-likeness (QED) is 0.912. The minimum absolute atomic E-state index is 0.178. The number of para-hydroxylation sites is 1. The van der Waals surface area contributed by atoms with Crippen molar-refractivity contribution >= 4 is 17.1 Å². The molecule has 1 aliphatic heterocycles. The third-order valence-electron chi connectivity index (χ3n) is 3.53. The zero-order valence-electron chi connectivity index (χ0n) is 10.6. The molecule has 2 heterocycles. The summed E-state index contributed by atoms with van der Waals surface area (Å²) in [7, 11) is 0. The van der Waals surface area contributed by atoms with Crippen LogP contribution in [0.5, 0.6) is 0 Å². The normalized spacial score (nSPS) is 16.2. The molecule has 100 valence electrons. The number of carboxylic acids is 1. The number of benzene rings is 1. The second-order valence-corrected chi connectivity index (χ2v) is 4.87.